The molecule has 11 heavy (non-hydrogen) atoms. The summed E-state index contributed by atoms with van der Waals surface area (Å²) in [5.41, 5.74) is 0.400. The predicted molar refractivity (Wildman–Crippen MR) is 38.6 cm³/mol. The first-order chi connectivity index (χ1) is 5.11. The van der Waals surface area contributed by atoms with Crippen molar-refractivity contribution in [3.8, 4) is 0 Å². The van der Waals surface area contributed by atoms with Crippen molar-refractivity contribution in [3.05, 3.63) is 11.6 Å². The lowest BCUT2D eigenvalue weighted by Gasteiger charge is -2.08. The molecular weight excluding hydrogens is 148 g/mol. The van der Waals surface area contributed by atoms with Crippen LogP contribution >= 0.6 is 0 Å². The van der Waals surface area contributed by atoms with Crippen molar-refractivity contribution in [1.82, 2.24) is 0 Å². The van der Waals surface area contributed by atoms with Gasteiger partial charge in [-0.1, -0.05) is 6.08 Å². The van der Waals surface area contributed by atoms with Gasteiger partial charge in [0, 0.05) is 5.57 Å². The van der Waals surface area contributed by atoms with E-state index in [9.17, 15) is 4.79 Å². The van der Waals surface area contributed by atoms with E-state index in [0.717, 1.165) is 0 Å². The normalized spacial score (nSPS) is 14.4. The van der Waals surface area contributed by atoms with Crippen molar-refractivity contribution in [1.29, 1.82) is 0 Å². The number of rotatable bonds is 3. The van der Waals surface area contributed by atoms with Crippen LogP contribution < -0.4 is 0 Å². The molecule has 0 saturated carbocycles. The SMILES string of the molecule is C/C=C(\C)C(=O)OC(O)CO. The molecule has 0 rings (SSSR count). The molecule has 0 aromatic carbocycles. The average Bonchev–Trinajstić information content (AvgIpc) is 2.02. The van der Waals surface area contributed by atoms with Crippen LogP contribution in [0.3, 0.4) is 0 Å². The van der Waals surface area contributed by atoms with Crippen LogP contribution in [-0.2, 0) is 9.53 Å². The highest BCUT2D eigenvalue weighted by Crippen LogP contribution is 1.97. The van der Waals surface area contributed by atoms with Crippen LogP contribution in [0.5, 0.6) is 0 Å². The number of carbonyl (C=O) groups excluding carboxylic acids is 1. The molecule has 0 aliphatic carbocycles. The first-order valence-corrected chi connectivity index (χ1v) is 3.24. The number of esters is 1. The van der Waals surface area contributed by atoms with Gasteiger partial charge in [-0.2, -0.15) is 0 Å². The van der Waals surface area contributed by atoms with E-state index in [4.69, 9.17) is 10.2 Å². The molecule has 0 amide bonds. The molecule has 0 aromatic rings. The molecule has 0 heterocycles. The fraction of sp³-hybridized carbons (Fsp3) is 0.571. The highest BCUT2D eigenvalue weighted by Gasteiger charge is 2.09. The number of ether oxygens (including phenoxy) is 1. The first kappa shape index (κ1) is 10.1. The molecule has 0 radical (unpaired) electrons. The molecule has 0 spiro atoms. The summed E-state index contributed by atoms with van der Waals surface area (Å²) in [6.07, 6.45) is 0.143. The summed E-state index contributed by atoms with van der Waals surface area (Å²) in [5.74, 6) is -0.617. The molecule has 4 heteroatoms. The predicted octanol–water partition coefficient (Wildman–Crippen LogP) is -0.194. The number of allylic oxidation sites excluding steroid dienone is 1. The highest BCUT2D eigenvalue weighted by molar-refractivity contribution is 5.87. The third kappa shape index (κ3) is 3.75. The van der Waals surface area contributed by atoms with Gasteiger partial charge >= 0.3 is 5.97 Å². The Kier molecular flexibility index (Phi) is 4.49. The second-order valence-corrected chi connectivity index (χ2v) is 2.01. The molecule has 0 bridgehead atoms. The van der Waals surface area contributed by atoms with Crippen molar-refractivity contribution < 1.29 is 19.7 Å². The van der Waals surface area contributed by atoms with E-state index in [-0.39, 0.29) is 0 Å². The minimum atomic E-state index is -1.42. The zero-order valence-corrected chi connectivity index (χ0v) is 6.57. The van der Waals surface area contributed by atoms with Gasteiger partial charge in [-0.05, 0) is 13.8 Å². The molecule has 0 aliphatic heterocycles. The minimum absolute atomic E-state index is 0.400. The van der Waals surface area contributed by atoms with Crippen LogP contribution in [0.1, 0.15) is 13.8 Å². The number of aliphatic hydroxyl groups is 2. The molecular formula is C7H12O4. The van der Waals surface area contributed by atoms with Crippen molar-refractivity contribution in [3.63, 3.8) is 0 Å². The standard InChI is InChI=1S/C7H12O4/c1-3-5(2)7(10)11-6(9)4-8/h3,6,8-9H,4H2,1-2H3/b5-3+. The van der Waals surface area contributed by atoms with Gasteiger partial charge in [0.25, 0.3) is 0 Å². The molecule has 0 fully saturated rings. The fourth-order valence-corrected chi connectivity index (χ4v) is 0.372. The van der Waals surface area contributed by atoms with Gasteiger partial charge in [0.05, 0.1) is 0 Å². The zero-order valence-electron chi connectivity index (χ0n) is 6.57. The maximum absolute atomic E-state index is 10.8. The van der Waals surface area contributed by atoms with Gasteiger partial charge in [0.1, 0.15) is 6.61 Å². The van der Waals surface area contributed by atoms with Gasteiger partial charge in [-0.3, -0.25) is 0 Å². The van der Waals surface area contributed by atoms with Crippen LogP contribution in [0.25, 0.3) is 0 Å². The Morgan fingerprint density at radius 3 is 2.64 bits per heavy atom. The summed E-state index contributed by atoms with van der Waals surface area (Å²) in [5, 5.41) is 16.9. The maximum Gasteiger partial charge on any atom is 0.335 e. The summed E-state index contributed by atoms with van der Waals surface area (Å²) in [6, 6.07) is 0. The number of carbonyl (C=O) groups is 1. The first-order valence-electron chi connectivity index (χ1n) is 3.24. The second kappa shape index (κ2) is 4.87. The van der Waals surface area contributed by atoms with Crippen LogP contribution in [0, 0.1) is 0 Å². The van der Waals surface area contributed by atoms with Crippen LogP contribution in [-0.4, -0.2) is 29.1 Å². The Labute approximate surface area is 65.1 Å². The third-order valence-corrected chi connectivity index (χ3v) is 1.15. The Bertz CT molecular complexity index is 162. The van der Waals surface area contributed by atoms with E-state index in [1.165, 1.54) is 0 Å². The quantitative estimate of drug-likeness (QED) is 0.341. The molecule has 0 aliphatic rings. The van der Waals surface area contributed by atoms with Crippen LogP contribution in [0.4, 0.5) is 0 Å². The van der Waals surface area contributed by atoms with Gasteiger partial charge < -0.3 is 14.9 Å². The van der Waals surface area contributed by atoms with E-state index >= 15 is 0 Å². The van der Waals surface area contributed by atoms with E-state index in [2.05, 4.69) is 4.74 Å². The van der Waals surface area contributed by atoms with Crippen molar-refractivity contribution in [2.24, 2.45) is 0 Å². The van der Waals surface area contributed by atoms with Gasteiger partial charge in [0.15, 0.2) is 0 Å². The van der Waals surface area contributed by atoms with Gasteiger partial charge in [-0.25, -0.2) is 4.79 Å². The largest absolute Gasteiger partial charge is 0.430 e. The molecule has 1 unspecified atom stereocenters. The summed E-state index contributed by atoms with van der Waals surface area (Å²) in [7, 11) is 0. The van der Waals surface area contributed by atoms with Crippen molar-refractivity contribution >= 4 is 5.97 Å². The van der Waals surface area contributed by atoms with Crippen molar-refractivity contribution in [2.45, 2.75) is 20.1 Å². The summed E-state index contributed by atoms with van der Waals surface area (Å²) < 4.78 is 4.35. The Hall–Kier alpha value is -0.870. The Morgan fingerprint density at radius 1 is 1.73 bits per heavy atom. The molecule has 1 atom stereocenters. The molecule has 64 valence electrons. The Morgan fingerprint density at radius 2 is 2.27 bits per heavy atom. The smallest absolute Gasteiger partial charge is 0.335 e. The van der Waals surface area contributed by atoms with E-state index in [1.807, 2.05) is 0 Å². The molecule has 2 N–H and O–H groups in total. The maximum atomic E-state index is 10.8. The summed E-state index contributed by atoms with van der Waals surface area (Å²) >= 11 is 0. The van der Waals surface area contributed by atoms with Crippen LogP contribution in [0.15, 0.2) is 11.6 Å². The lowest BCUT2D eigenvalue weighted by atomic mass is 10.3. The molecule has 0 saturated heterocycles. The highest BCUT2D eigenvalue weighted by atomic mass is 16.6. The molecule has 0 aromatic heterocycles. The van der Waals surface area contributed by atoms with Gasteiger partial charge in [0.2, 0.25) is 6.29 Å². The third-order valence-electron chi connectivity index (χ3n) is 1.15. The van der Waals surface area contributed by atoms with E-state index < -0.39 is 18.9 Å². The summed E-state index contributed by atoms with van der Waals surface area (Å²) in [6.45, 7) is 2.66. The lowest BCUT2D eigenvalue weighted by Crippen LogP contribution is -2.21. The second-order valence-electron chi connectivity index (χ2n) is 2.01. The number of hydrogen-bond acceptors (Lipinski definition) is 4. The van der Waals surface area contributed by atoms with E-state index in [0.29, 0.717) is 5.57 Å². The average molecular weight is 160 g/mol. The summed E-state index contributed by atoms with van der Waals surface area (Å²) in [4.78, 5) is 10.8. The van der Waals surface area contributed by atoms with E-state index in [1.54, 1.807) is 19.9 Å². The number of hydrogen-bond donors (Lipinski definition) is 2. The van der Waals surface area contributed by atoms with Gasteiger partial charge in [-0.15, -0.1) is 0 Å². The fourth-order valence-electron chi connectivity index (χ4n) is 0.372. The topological polar surface area (TPSA) is 66.8 Å². The number of aliphatic hydroxyl groups excluding tert-OH is 2. The lowest BCUT2D eigenvalue weighted by molar-refractivity contribution is -0.168. The van der Waals surface area contributed by atoms with Crippen molar-refractivity contribution in [2.75, 3.05) is 6.61 Å². The zero-order chi connectivity index (χ0) is 8.85. The Balaban J connectivity index is 3.88. The monoisotopic (exact) mass is 160 g/mol. The minimum Gasteiger partial charge on any atom is -0.430 e. The molecule has 4 nitrogen and oxygen atoms in total. The van der Waals surface area contributed by atoms with Crippen LogP contribution in [0.2, 0.25) is 0 Å².